The molecular weight excluding hydrogens is 437 g/mol. The third-order valence-electron chi connectivity index (χ3n) is 7.12. The highest BCUT2D eigenvalue weighted by Gasteiger charge is 2.67. The molecule has 0 radical (unpaired) electrons. The van der Waals surface area contributed by atoms with Crippen molar-refractivity contribution in [2.24, 2.45) is 35.5 Å². The second kappa shape index (κ2) is 6.68. The van der Waals surface area contributed by atoms with E-state index < -0.39 is 5.97 Å². The van der Waals surface area contributed by atoms with Gasteiger partial charge in [-0.15, -0.1) is 0 Å². The predicted molar refractivity (Wildman–Crippen MR) is 115 cm³/mol. The van der Waals surface area contributed by atoms with Gasteiger partial charge in [-0.05, 0) is 72.6 Å². The molecule has 156 valence electrons. The molecule has 1 saturated heterocycles. The van der Waals surface area contributed by atoms with Crippen LogP contribution in [0, 0.1) is 35.5 Å². The smallest absolute Gasteiger partial charge is 0.343 e. The van der Waals surface area contributed by atoms with Gasteiger partial charge in [-0.25, -0.2) is 4.79 Å². The van der Waals surface area contributed by atoms with E-state index >= 15 is 0 Å². The normalized spacial score (nSPS) is 32.1. The second-order valence-electron chi connectivity index (χ2n) is 8.68. The van der Waals surface area contributed by atoms with E-state index in [2.05, 4.69) is 12.2 Å². The molecule has 6 atom stereocenters. The molecule has 3 fully saturated rings. The van der Waals surface area contributed by atoms with Crippen LogP contribution in [0.25, 0.3) is 0 Å². The van der Waals surface area contributed by atoms with Crippen LogP contribution in [0.5, 0.6) is 5.75 Å². The maximum atomic E-state index is 13.2. The summed E-state index contributed by atoms with van der Waals surface area (Å²) < 4.78 is 5.34. The lowest BCUT2D eigenvalue weighted by Gasteiger charge is -2.37. The topological polar surface area (TPSA) is 63.7 Å². The standard InChI is InChI=1S/C24H17Cl2NO4/c25-12-3-8-19(18(26)9-12)31-24(30)11-1-4-13(5-2-11)27-22(28)20-14-6-7-15(17-10-16(14)17)21(20)23(27)29/h1-9,14-17,20-21H,10H2. The molecule has 2 amide bonds. The molecule has 0 spiro atoms. The van der Waals surface area contributed by atoms with Crippen molar-refractivity contribution < 1.29 is 19.1 Å². The third kappa shape index (κ3) is 2.80. The molecule has 7 heteroatoms. The van der Waals surface area contributed by atoms with Gasteiger partial charge in [0.1, 0.15) is 5.75 Å². The number of anilines is 1. The Balaban J connectivity index is 1.23. The van der Waals surface area contributed by atoms with Crippen LogP contribution in [0.1, 0.15) is 16.8 Å². The zero-order chi connectivity index (χ0) is 21.4. The number of rotatable bonds is 3. The van der Waals surface area contributed by atoms with E-state index in [0.29, 0.717) is 22.5 Å². The monoisotopic (exact) mass is 453 g/mol. The van der Waals surface area contributed by atoms with E-state index in [1.165, 1.54) is 17.0 Å². The first-order valence-electron chi connectivity index (χ1n) is 10.3. The Morgan fingerprint density at radius 1 is 0.903 bits per heavy atom. The average molecular weight is 454 g/mol. The molecule has 1 aliphatic heterocycles. The number of allylic oxidation sites excluding steroid dienone is 2. The number of esters is 1. The minimum atomic E-state index is -0.592. The molecule has 2 bridgehead atoms. The van der Waals surface area contributed by atoms with Crippen molar-refractivity contribution in [3.63, 3.8) is 0 Å². The van der Waals surface area contributed by atoms with Crippen molar-refractivity contribution in [2.75, 3.05) is 4.90 Å². The number of amides is 2. The minimum absolute atomic E-state index is 0.122. The number of halogens is 2. The molecule has 2 aromatic carbocycles. The lowest BCUT2D eigenvalue weighted by molar-refractivity contribution is -0.124. The Bertz CT molecular complexity index is 1140. The first kappa shape index (κ1) is 19.1. The van der Waals surface area contributed by atoms with Crippen molar-refractivity contribution in [1.29, 1.82) is 0 Å². The third-order valence-corrected chi connectivity index (χ3v) is 7.65. The molecule has 2 aromatic rings. The van der Waals surface area contributed by atoms with Crippen molar-refractivity contribution in [1.82, 2.24) is 0 Å². The van der Waals surface area contributed by atoms with Gasteiger partial charge >= 0.3 is 5.97 Å². The van der Waals surface area contributed by atoms with Crippen molar-refractivity contribution >= 4 is 46.7 Å². The Kier molecular flexibility index (Phi) is 4.11. The van der Waals surface area contributed by atoms with Crippen LogP contribution < -0.4 is 9.64 Å². The van der Waals surface area contributed by atoms with E-state index in [1.807, 2.05) is 0 Å². The van der Waals surface area contributed by atoms with Crippen LogP contribution in [0.3, 0.4) is 0 Å². The van der Waals surface area contributed by atoms with E-state index in [4.69, 9.17) is 27.9 Å². The molecule has 5 aliphatic rings. The lowest BCUT2D eigenvalue weighted by atomic mass is 9.63. The van der Waals surface area contributed by atoms with Crippen LogP contribution >= 0.6 is 23.2 Å². The Hall–Kier alpha value is -2.63. The quantitative estimate of drug-likeness (QED) is 0.290. The molecule has 2 saturated carbocycles. The van der Waals surface area contributed by atoms with Gasteiger partial charge in [0.15, 0.2) is 0 Å². The Morgan fingerprint density at radius 3 is 2.10 bits per heavy atom. The molecule has 1 heterocycles. The van der Waals surface area contributed by atoms with Crippen LogP contribution in [0.4, 0.5) is 5.69 Å². The fraction of sp³-hybridized carbons (Fsp3) is 0.292. The predicted octanol–water partition coefficient (Wildman–Crippen LogP) is 4.77. The highest BCUT2D eigenvalue weighted by Crippen LogP contribution is 2.65. The Labute approximate surface area is 188 Å². The molecule has 0 aromatic heterocycles. The zero-order valence-corrected chi connectivity index (χ0v) is 17.7. The summed E-state index contributed by atoms with van der Waals surface area (Å²) in [4.78, 5) is 40.2. The van der Waals surface area contributed by atoms with Crippen LogP contribution in [0.2, 0.25) is 10.0 Å². The fourth-order valence-corrected chi connectivity index (χ4v) is 6.12. The maximum absolute atomic E-state index is 13.2. The van der Waals surface area contributed by atoms with Crippen molar-refractivity contribution in [2.45, 2.75) is 6.42 Å². The average Bonchev–Trinajstić information content (AvgIpc) is 3.54. The number of carbonyl (C=O) groups is 3. The second-order valence-corrected chi connectivity index (χ2v) is 9.52. The van der Waals surface area contributed by atoms with Gasteiger partial charge in [-0.3, -0.25) is 14.5 Å². The van der Waals surface area contributed by atoms with Crippen molar-refractivity contribution in [3.05, 3.63) is 70.2 Å². The number of ether oxygens (including phenoxy) is 1. The van der Waals surface area contributed by atoms with Crippen LogP contribution in [-0.2, 0) is 9.59 Å². The molecule has 0 N–H and O–H groups in total. The van der Waals surface area contributed by atoms with E-state index in [9.17, 15) is 14.4 Å². The van der Waals surface area contributed by atoms with Crippen molar-refractivity contribution in [3.8, 4) is 5.75 Å². The number of carbonyl (C=O) groups excluding carboxylic acids is 3. The Morgan fingerprint density at radius 2 is 1.52 bits per heavy atom. The maximum Gasteiger partial charge on any atom is 0.343 e. The summed E-state index contributed by atoms with van der Waals surface area (Å²) in [6.07, 6.45) is 5.43. The molecule has 7 rings (SSSR count). The fourth-order valence-electron chi connectivity index (χ4n) is 5.67. The van der Waals surface area contributed by atoms with Crippen LogP contribution in [-0.4, -0.2) is 17.8 Å². The molecular formula is C24H17Cl2NO4. The van der Waals surface area contributed by atoms with Crippen LogP contribution in [0.15, 0.2) is 54.6 Å². The van der Waals surface area contributed by atoms with Gasteiger partial charge in [0.25, 0.3) is 0 Å². The largest absolute Gasteiger partial charge is 0.421 e. The minimum Gasteiger partial charge on any atom is -0.421 e. The molecule has 4 aliphatic carbocycles. The number of benzene rings is 2. The highest BCUT2D eigenvalue weighted by atomic mass is 35.5. The van der Waals surface area contributed by atoms with Gasteiger partial charge in [0.05, 0.1) is 28.1 Å². The molecule has 6 unspecified atom stereocenters. The molecule has 5 nitrogen and oxygen atoms in total. The summed E-state index contributed by atoms with van der Waals surface area (Å²) in [6.45, 7) is 0. The molecule has 31 heavy (non-hydrogen) atoms. The summed E-state index contributed by atoms with van der Waals surface area (Å²) in [6, 6.07) is 10.9. The first-order chi connectivity index (χ1) is 14.9. The van der Waals surface area contributed by atoms with Gasteiger partial charge in [0, 0.05) is 5.02 Å². The van der Waals surface area contributed by atoms with Gasteiger partial charge in [0.2, 0.25) is 11.8 Å². The summed E-state index contributed by atoms with van der Waals surface area (Å²) >= 11 is 11.9. The van der Waals surface area contributed by atoms with Gasteiger partial charge in [-0.1, -0.05) is 35.4 Å². The first-order valence-corrected chi connectivity index (χ1v) is 11.0. The van der Waals surface area contributed by atoms with E-state index in [-0.39, 0.29) is 51.8 Å². The number of hydrogen-bond donors (Lipinski definition) is 0. The van der Waals surface area contributed by atoms with E-state index in [0.717, 1.165) is 6.42 Å². The number of hydrogen-bond acceptors (Lipinski definition) is 4. The van der Waals surface area contributed by atoms with E-state index in [1.54, 1.807) is 30.3 Å². The van der Waals surface area contributed by atoms with Gasteiger partial charge < -0.3 is 4.74 Å². The summed E-state index contributed by atoms with van der Waals surface area (Å²) in [5.41, 5.74) is 0.771. The SMILES string of the molecule is O=C(Oc1ccc(Cl)cc1Cl)c1ccc(N2C(=O)C3C4C=CC(C5CC45)C3C2=O)cc1. The number of imide groups is 1. The summed E-state index contributed by atoms with van der Waals surface area (Å²) in [5.74, 6) is 0.354. The summed E-state index contributed by atoms with van der Waals surface area (Å²) in [5, 5.41) is 0.672. The zero-order valence-electron chi connectivity index (χ0n) is 16.2. The van der Waals surface area contributed by atoms with Gasteiger partial charge in [-0.2, -0.15) is 0 Å². The summed E-state index contributed by atoms with van der Waals surface area (Å²) in [7, 11) is 0. The highest BCUT2D eigenvalue weighted by molar-refractivity contribution is 6.35. The number of nitrogens with zero attached hydrogens (tertiary/aromatic N) is 1. The lowest BCUT2D eigenvalue weighted by Crippen LogP contribution is -2.40.